The number of aromatic nitrogens is 2. The van der Waals surface area contributed by atoms with Crippen molar-refractivity contribution in [1.29, 1.82) is 0 Å². The zero-order valence-electron chi connectivity index (χ0n) is 69.4. The first-order chi connectivity index (χ1) is 60.7. The Labute approximate surface area is 765 Å². The van der Waals surface area contributed by atoms with Crippen molar-refractivity contribution in [3.05, 3.63) is 336 Å². The molecule has 0 amide bonds. The molecule has 6 fully saturated rings. The van der Waals surface area contributed by atoms with E-state index in [2.05, 4.69) is 108 Å². The summed E-state index contributed by atoms with van der Waals surface area (Å²) < 4.78 is 5.01. The zero-order chi connectivity index (χ0) is 87.4. The molecule has 0 saturated carbocycles. The third kappa shape index (κ3) is 21.0. The molecule has 22 rings (SSSR count). The van der Waals surface area contributed by atoms with E-state index >= 15 is 0 Å². The summed E-state index contributed by atoms with van der Waals surface area (Å²) in [6.07, 6.45) is 15.2. The van der Waals surface area contributed by atoms with Gasteiger partial charge in [0.05, 0.1) is 30.4 Å². The van der Waals surface area contributed by atoms with Gasteiger partial charge in [0.15, 0.2) is 0 Å². The molecule has 0 spiro atoms. The third-order valence-corrected chi connectivity index (χ3v) is 31.2. The molecule has 12 aromatic rings. The Morgan fingerprint density at radius 2 is 0.704 bits per heavy atom. The number of hydrogen-bond acceptors (Lipinski definition) is 19. The number of esters is 1. The molecule has 6 aromatic heterocycles. The van der Waals surface area contributed by atoms with Crippen LogP contribution in [0.4, 0.5) is 0 Å². The summed E-state index contributed by atoms with van der Waals surface area (Å²) in [5, 5.41) is 63.5. The van der Waals surface area contributed by atoms with Gasteiger partial charge < -0.3 is 30.3 Å². The molecule has 0 radical (unpaired) electrons. The van der Waals surface area contributed by atoms with Crippen molar-refractivity contribution in [1.82, 2.24) is 39.4 Å². The van der Waals surface area contributed by atoms with Gasteiger partial charge in [-0.2, -0.15) is 0 Å². The predicted octanol–water partition coefficient (Wildman–Crippen LogP) is 20.8. The maximum atomic E-state index is 12.3. The number of nitrogens with zero attached hydrogens (tertiary/aromatic N) is 8. The van der Waals surface area contributed by atoms with Crippen LogP contribution in [0, 0.1) is 23.7 Å². The van der Waals surface area contributed by atoms with E-state index in [0.29, 0.717) is 80.1 Å². The Balaban J connectivity index is 0.000000116. The van der Waals surface area contributed by atoms with Crippen LogP contribution in [0.3, 0.4) is 0 Å². The Kier molecular flexibility index (Phi) is 30.8. The van der Waals surface area contributed by atoms with Gasteiger partial charge in [0.25, 0.3) is 0 Å². The summed E-state index contributed by atoms with van der Waals surface area (Å²) in [7, 11) is 1.42. The largest absolute Gasteiger partial charge is 0.480 e. The number of aliphatic hydroxyl groups is 2. The first kappa shape index (κ1) is 90.9. The molecule has 16 heterocycles. The summed E-state index contributed by atoms with van der Waals surface area (Å²) in [6, 6.07) is 55.5. The highest BCUT2D eigenvalue weighted by Crippen LogP contribution is 2.46. The number of piperidine rings is 6. The number of thiophene rings is 4. The average molecular weight is 1830 g/mol. The Morgan fingerprint density at radius 3 is 0.992 bits per heavy atom. The molecular formula is C99H102Cl4N8O10S4. The van der Waals surface area contributed by atoms with Gasteiger partial charge in [0, 0.05) is 140 Å². The number of carbonyl (C=O) groups is 4. The van der Waals surface area contributed by atoms with E-state index in [-0.39, 0.29) is 18.1 Å². The van der Waals surface area contributed by atoms with Gasteiger partial charge in [0.1, 0.15) is 24.2 Å². The zero-order valence-corrected chi connectivity index (χ0v) is 75.7. The number of pyridine rings is 2. The molecule has 14 atom stereocenters. The Hall–Kier alpha value is -8.86. The summed E-state index contributed by atoms with van der Waals surface area (Å²) >= 11 is 31.8. The van der Waals surface area contributed by atoms with E-state index in [0.717, 1.165) is 136 Å². The Morgan fingerprint density at radius 1 is 0.408 bits per heavy atom. The number of rotatable bonds is 18. The molecule has 10 aliphatic rings. The van der Waals surface area contributed by atoms with Crippen LogP contribution in [-0.4, -0.2) is 160 Å². The van der Waals surface area contributed by atoms with Crippen LogP contribution in [0.5, 0.6) is 0 Å². The third-order valence-electron chi connectivity index (χ3n) is 25.8. The van der Waals surface area contributed by atoms with Gasteiger partial charge in [-0.05, 0) is 238 Å². The Bertz CT molecular complexity index is 5370. The molecule has 4 bridgehead atoms. The van der Waals surface area contributed by atoms with Crippen molar-refractivity contribution in [3.63, 3.8) is 0 Å². The number of carbonyl (C=O) groups excluding carboxylic acids is 1. The van der Waals surface area contributed by atoms with E-state index in [1.807, 2.05) is 136 Å². The molecule has 5 unspecified atom stereocenters. The fourth-order valence-corrected chi connectivity index (χ4v) is 23.9. The molecule has 6 saturated heterocycles. The van der Waals surface area contributed by atoms with Gasteiger partial charge in [-0.15, -0.1) is 58.5 Å². The quantitative estimate of drug-likeness (QED) is 0.0398. The topological polar surface area (TPSA) is 224 Å². The molecule has 18 nitrogen and oxygen atoms in total. The van der Waals surface area contributed by atoms with Gasteiger partial charge in [-0.3, -0.25) is 53.8 Å². The van der Waals surface area contributed by atoms with E-state index in [1.165, 1.54) is 61.7 Å². The fourth-order valence-electron chi connectivity index (χ4n) is 19.4. The maximum absolute atomic E-state index is 12.3. The molecule has 10 aliphatic heterocycles. The smallest absolute Gasteiger partial charge is 0.327 e. The summed E-state index contributed by atoms with van der Waals surface area (Å²) in [4.78, 5) is 74.7. The lowest BCUT2D eigenvalue weighted by Gasteiger charge is -2.50. The monoisotopic (exact) mass is 1830 g/mol. The average Bonchev–Trinajstić information content (AvgIpc) is 1.59. The van der Waals surface area contributed by atoms with Crippen molar-refractivity contribution in [2.24, 2.45) is 23.7 Å². The lowest BCUT2D eigenvalue weighted by molar-refractivity contribution is -0.148. The van der Waals surface area contributed by atoms with Crippen molar-refractivity contribution in [2.75, 3.05) is 59.5 Å². The van der Waals surface area contributed by atoms with Crippen molar-refractivity contribution < 1.29 is 49.4 Å². The van der Waals surface area contributed by atoms with Crippen molar-refractivity contribution in [2.45, 2.75) is 126 Å². The van der Waals surface area contributed by atoms with E-state index in [9.17, 15) is 44.7 Å². The van der Waals surface area contributed by atoms with Crippen molar-refractivity contribution in [3.8, 4) is 0 Å². The van der Waals surface area contributed by atoms with Crippen LogP contribution >= 0.6 is 91.8 Å². The SMILES string of the molecule is C=C[C@H]1CN2CCC1C[C@@H]2[C@@H](O)c1ccnc2ccccc12.C=C[C@H]1CN2CCC1C[C@@H]2[C@@H](O)c1ccnc2ccccc12.COC(=O)[C@H](c1ccccc1Cl)N1CCc2sccc2C1.O=C(O)C(c1ccccc1Cl)N1CCc2sccc2C1.O=C(O)[C@H](c1ccccc1Cl)N1CCc2sccc2C1.O=C(O)[C@H](c1ccccc1Cl)N1CCc2sccc2C1. The molecular weight excluding hydrogens is 1730 g/mol. The maximum Gasteiger partial charge on any atom is 0.327 e. The predicted molar refractivity (Wildman–Crippen MR) is 502 cm³/mol. The van der Waals surface area contributed by atoms with Crippen LogP contribution in [0.1, 0.15) is 137 Å². The van der Waals surface area contributed by atoms with Crippen molar-refractivity contribution >= 4 is 137 Å². The van der Waals surface area contributed by atoms with Gasteiger partial charge in [0.2, 0.25) is 0 Å². The van der Waals surface area contributed by atoms with Crippen LogP contribution in [-0.2, 0) is 75.8 Å². The number of para-hydroxylation sites is 2. The van der Waals surface area contributed by atoms with Crippen LogP contribution in [0.15, 0.2) is 241 Å². The normalized spacial score (nSPS) is 22.0. The summed E-state index contributed by atoms with van der Waals surface area (Å²) in [5.41, 5.74) is 11.8. The molecule has 26 heteroatoms. The highest BCUT2D eigenvalue weighted by Gasteiger charge is 2.45. The molecule has 0 aliphatic carbocycles. The highest BCUT2D eigenvalue weighted by molar-refractivity contribution is 7.11. The number of ether oxygens (including phenoxy) is 1. The van der Waals surface area contributed by atoms with Gasteiger partial charge in [-0.1, -0.05) is 168 Å². The number of aliphatic hydroxyl groups excluding tert-OH is 2. The molecule has 5 N–H and O–H groups in total. The minimum absolute atomic E-state index is 0.223. The lowest BCUT2D eigenvalue weighted by atomic mass is 9.73. The number of hydrogen-bond donors (Lipinski definition) is 5. The van der Waals surface area contributed by atoms with E-state index in [4.69, 9.17) is 51.1 Å². The summed E-state index contributed by atoms with van der Waals surface area (Å²) in [6.45, 7) is 18.1. The van der Waals surface area contributed by atoms with Gasteiger partial charge in [-0.25, -0.2) is 4.79 Å². The molecule has 650 valence electrons. The number of benzene rings is 6. The highest BCUT2D eigenvalue weighted by atomic mass is 35.5. The van der Waals surface area contributed by atoms with E-state index < -0.39 is 54.3 Å². The lowest BCUT2D eigenvalue weighted by Crippen LogP contribution is -2.54. The number of halogens is 4. The molecule has 125 heavy (non-hydrogen) atoms. The minimum Gasteiger partial charge on any atom is -0.480 e. The summed E-state index contributed by atoms with van der Waals surface area (Å²) in [5.74, 6) is -0.282. The van der Waals surface area contributed by atoms with Crippen LogP contribution < -0.4 is 0 Å². The number of methoxy groups -OCH3 is 1. The second-order valence-corrected chi connectivity index (χ2v) is 38.4. The standard InChI is InChI=1S/2C19H22N2O.C16H16ClNO2S.3C15H14ClNO2S/c2*1-2-13-12-21-10-8-14(13)11-18(21)19(22)16-7-9-20-17-6-4-3-5-15(16)17;1-20-16(19)15(12-4-2-3-5-13(12)17)18-8-6-14-11(10-18)7-9-21-14;3*16-12-4-2-1-3-11(12)14(15(18)19)17-7-5-13-10(9-17)6-8-20-13/h2*2-7,9,13-14,18-19,22H,1,8,10-12H2;2-5,7,9,15H,6,8,10H2,1H3;3*1-4,6,8,14H,5,7,9H2,(H,18,19)/t2*13-,14?,18+,19-;15-;2*14-;/m00000./s1. The minimum atomic E-state index is -0.850. The first-order valence-corrected chi connectivity index (χ1v) is 47.5. The molecule has 6 aromatic carbocycles. The number of carboxylic acid groups (broad SMARTS) is 3. The fraction of sp³-hybridized carbons (Fsp3) is 0.333. The number of fused-ring (bicyclic) bond motifs is 12. The second-order valence-electron chi connectivity index (χ2n) is 32.8. The van der Waals surface area contributed by atoms with E-state index in [1.54, 1.807) is 81.7 Å². The van der Waals surface area contributed by atoms with Crippen LogP contribution in [0.25, 0.3) is 21.8 Å². The first-order valence-electron chi connectivity index (χ1n) is 42.4. The second kappa shape index (κ2) is 42.4. The van der Waals surface area contributed by atoms with Gasteiger partial charge >= 0.3 is 23.9 Å². The van der Waals surface area contributed by atoms with Crippen LogP contribution in [0.2, 0.25) is 20.1 Å². The number of carboxylic acids is 3. The number of aliphatic carboxylic acids is 3.